The molecule has 0 aliphatic carbocycles. The van der Waals surface area contributed by atoms with E-state index in [4.69, 9.17) is 9.47 Å². The Kier molecular flexibility index (Phi) is 3.84. The fourth-order valence-electron chi connectivity index (χ4n) is 4.05. The van der Waals surface area contributed by atoms with Gasteiger partial charge in [0, 0.05) is 18.3 Å². The van der Waals surface area contributed by atoms with Crippen molar-refractivity contribution in [1.29, 1.82) is 0 Å². The van der Waals surface area contributed by atoms with Gasteiger partial charge in [0.15, 0.2) is 0 Å². The highest BCUT2D eigenvalue weighted by Crippen LogP contribution is 2.54. The summed E-state index contributed by atoms with van der Waals surface area (Å²) in [5.74, 6) is 0.926. The number of hydrogen-bond donors (Lipinski definition) is 0. The van der Waals surface area contributed by atoms with Crippen LogP contribution in [-0.2, 0) is 10.2 Å². The van der Waals surface area contributed by atoms with Gasteiger partial charge >= 0.3 is 5.97 Å². The molecule has 2 aliphatic rings. The molecule has 0 saturated carbocycles. The molecule has 0 saturated heterocycles. The zero-order valence-electron chi connectivity index (χ0n) is 16.4. The highest BCUT2D eigenvalue weighted by Gasteiger charge is 2.57. The molecular formula is C23H25NO3. The second-order valence-corrected chi connectivity index (χ2v) is 8.11. The summed E-state index contributed by atoms with van der Waals surface area (Å²) in [4.78, 5) is 14.1. The van der Waals surface area contributed by atoms with Crippen LogP contribution in [0, 0.1) is 5.92 Å². The van der Waals surface area contributed by atoms with Gasteiger partial charge in [-0.2, -0.15) is 0 Å². The van der Waals surface area contributed by atoms with Gasteiger partial charge in [-0.1, -0.05) is 32.0 Å². The van der Waals surface area contributed by atoms with Gasteiger partial charge in [-0.05, 0) is 55.8 Å². The maximum Gasteiger partial charge on any atom is 0.313 e. The molecule has 0 bridgehead atoms. The van der Waals surface area contributed by atoms with Crippen molar-refractivity contribution in [2.45, 2.75) is 38.8 Å². The molecule has 0 aromatic heterocycles. The van der Waals surface area contributed by atoms with E-state index in [1.165, 1.54) is 11.3 Å². The molecule has 0 N–H and O–H groups in total. The van der Waals surface area contributed by atoms with Crippen LogP contribution in [-0.4, -0.2) is 18.7 Å². The number of benzene rings is 2. The van der Waals surface area contributed by atoms with Crippen LogP contribution in [0.3, 0.4) is 0 Å². The van der Waals surface area contributed by atoms with E-state index in [1.807, 2.05) is 26.0 Å². The Labute approximate surface area is 160 Å². The number of likely N-dealkylation sites (N-methyl/N-ethyl adjacent to an activating group) is 1. The molecule has 0 radical (unpaired) electrons. The lowest BCUT2D eigenvalue weighted by molar-refractivity contribution is -0.137. The third-order valence-corrected chi connectivity index (χ3v) is 5.76. The van der Waals surface area contributed by atoms with E-state index < -0.39 is 5.72 Å². The first-order valence-electron chi connectivity index (χ1n) is 9.33. The van der Waals surface area contributed by atoms with E-state index in [1.54, 1.807) is 6.07 Å². The van der Waals surface area contributed by atoms with E-state index >= 15 is 0 Å². The zero-order valence-corrected chi connectivity index (χ0v) is 16.4. The van der Waals surface area contributed by atoms with Crippen LogP contribution in [0.1, 0.15) is 38.8 Å². The van der Waals surface area contributed by atoms with Crippen LogP contribution < -0.4 is 14.4 Å². The Balaban J connectivity index is 1.71. The molecule has 4 rings (SSSR count). The molecule has 140 valence electrons. The summed E-state index contributed by atoms with van der Waals surface area (Å²) in [6.45, 7) is 8.07. The number of fused-ring (bicyclic) bond motifs is 2. The van der Waals surface area contributed by atoms with E-state index in [9.17, 15) is 4.79 Å². The number of hydrogen-bond acceptors (Lipinski definition) is 4. The van der Waals surface area contributed by atoms with Crippen LogP contribution in [0.5, 0.6) is 11.5 Å². The number of carbonyl (C=O) groups excluding carboxylic acids is 1. The second kappa shape index (κ2) is 5.88. The van der Waals surface area contributed by atoms with Gasteiger partial charge in [-0.3, -0.25) is 4.79 Å². The number of nitrogens with zero attached hydrogens (tertiary/aromatic N) is 1. The lowest BCUT2D eigenvalue weighted by atomic mass is 9.76. The monoisotopic (exact) mass is 363 g/mol. The first-order chi connectivity index (χ1) is 12.8. The van der Waals surface area contributed by atoms with Gasteiger partial charge < -0.3 is 14.4 Å². The topological polar surface area (TPSA) is 38.8 Å². The van der Waals surface area contributed by atoms with Crippen molar-refractivity contribution in [2.75, 3.05) is 11.9 Å². The summed E-state index contributed by atoms with van der Waals surface area (Å²) in [5, 5.41) is 0. The predicted molar refractivity (Wildman–Crippen MR) is 107 cm³/mol. The second-order valence-electron chi connectivity index (χ2n) is 8.11. The van der Waals surface area contributed by atoms with Crippen LogP contribution >= 0.6 is 0 Å². The molecule has 27 heavy (non-hydrogen) atoms. The van der Waals surface area contributed by atoms with Crippen LogP contribution in [0.2, 0.25) is 0 Å². The number of ether oxygens (including phenoxy) is 2. The van der Waals surface area contributed by atoms with Gasteiger partial charge in [0.05, 0.1) is 11.3 Å². The number of carbonyl (C=O) groups is 1. The molecule has 1 spiro atoms. The Morgan fingerprint density at radius 2 is 1.89 bits per heavy atom. The Morgan fingerprint density at radius 3 is 2.59 bits per heavy atom. The van der Waals surface area contributed by atoms with Gasteiger partial charge in [-0.25, -0.2) is 0 Å². The van der Waals surface area contributed by atoms with E-state index in [2.05, 4.69) is 62.2 Å². The van der Waals surface area contributed by atoms with Crippen molar-refractivity contribution >= 4 is 17.7 Å². The lowest BCUT2D eigenvalue weighted by Crippen LogP contribution is -2.58. The van der Waals surface area contributed by atoms with Crippen molar-refractivity contribution < 1.29 is 14.3 Å². The fourth-order valence-corrected chi connectivity index (χ4v) is 4.05. The standard InChI is InChI=1S/C23H25NO3/c1-15(2)21(25)26-17-10-11-20-16(14-17)12-13-23(27-20)22(3,4)18-8-6-7-9-19(18)24(23)5/h6-15H,1-5H3. The van der Waals surface area contributed by atoms with Crippen molar-refractivity contribution in [3.05, 3.63) is 59.7 Å². The Hall–Kier alpha value is -2.75. The predicted octanol–water partition coefficient (Wildman–Crippen LogP) is 4.78. The first kappa shape index (κ1) is 17.7. The third kappa shape index (κ3) is 2.47. The number of anilines is 1. The van der Waals surface area contributed by atoms with Gasteiger partial charge in [0.25, 0.3) is 0 Å². The highest BCUT2D eigenvalue weighted by atomic mass is 16.5. The van der Waals surface area contributed by atoms with E-state index in [-0.39, 0.29) is 17.3 Å². The third-order valence-electron chi connectivity index (χ3n) is 5.76. The lowest BCUT2D eigenvalue weighted by Gasteiger charge is -2.45. The summed E-state index contributed by atoms with van der Waals surface area (Å²) < 4.78 is 12.0. The van der Waals surface area contributed by atoms with E-state index in [0.29, 0.717) is 5.75 Å². The quantitative estimate of drug-likeness (QED) is 0.569. The Morgan fingerprint density at radius 1 is 1.15 bits per heavy atom. The molecule has 1 atom stereocenters. The molecule has 2 aliphatic heterocycles. The van der Waals surface area contributed by atoms with Crippen LogP contribution in [0.25, 0.3) is 6.08 Å². The molecular weight excluding hydrogens is 338 g/mol. The summed E-state index contributed by atoms with van der Waals surface area (Å²) >= 11 is 0. The smallest absolute Gasteiger partial charge is 0.313 e. The first-order valence-corrected chi connectivity index (χ1v) is 9.33. The maximum absolute atomic E-state index is 11.9. The van der Waals surface area contributed by atoms with Crippen LogP contribution in [0.15, 0.2) is 48.5 Å². The number of rotatable bonds is 2. The van der Waals surface area contributed by atoms with Gasteiger partial charge in [0.1, 0.15) is 11.5 Å². The SMILES string of the molecule is CC(C)C(=O)Oc1ccc2c(c1)C=CC1(O2)N(C)c2ccccc2C1(C)C. The average Bonchev–Trinajstić information content (AvgIpc) is 2.81. The molecule has 4 heteroatoms. The summed E-state index contributed by atoms with van der Waals surface area (Å²) in [6, 6.07) is 14.0. The van der Waals surface area contributed by atoms with E-state index in [0.717, 1.165) is 11.3 Å². The minimum absolute atomic E-state index is 0.164. The highest BCUT2D eigenvalue weighted by molar-refractivity contribution is 5.76. The zero-order chi connectivity index (χ0) is 19.4. The van der Waals surface area contributed by atoms with Crippen LogP contribution in [0.4, 0.5) is 5.69 Å². The van der Waals surface area contributed by atoms with Gasteiger partial charge in [0.2, 0.25) is 5.72 Å². The summed E-state index contributed by atoms with van der Waals surface area (Å²) in [5.41, 5.74) is 2.53. The van der Waals surface area contributed by atoms with Gasteiger partial charge in [-0.15, -0.1) is 0 Å². The normalized spacial score (nSPS) is 21.8. The fraction of sp³-hybridized carbons (Fsp3) is 0.348. The van der Waals surface area contributed by atoms with Crippen molar-refractivity contribution in [3.63, 3.8) is 0 Å². The number of para-hydroxylation sites is 1. The molecule has 4 nitrogen and oxygen atoms in total. The average molecular weight is 363 g/mol. The van der Waals surface area contributed by atoms with Crippen molar-refractivity contribution in [1.82, 2.24) is 0 Å². The van der Waals surface area contributed by atoms with Crippen molar-refractivity contribution in [2.24, 2.45) is 5.92 Å². The number of esters is 1. The summed E-state index contributed by atoms with van der Waals surface area (Å²) in [6.07, 6.45) is 4.18. The summed E-state index contributed by atoms with van der Waals surface area (Å²) in [7, 11) is 2.07. The molecule has 2 aromatic rings. The minimum Gasteiger partial charge on any atom is -0.463 e. The maximum atomic E-state index is 11.9. The van der Waals surface area contributed by atoms with Crippen molar-refractivity contribution in [3.8, 4) is 11.5 Å². The Bertz CT molecular complexity index is 944. The molecule has 0 amide bonds. The molecule has 2 heterocycles. The minimum atomic E-state index is -0.597. The molecule has 0 fully saturated rings. The molecule has 1 unspecified atom stereocenters. The largest absolute Gasteiger partial charge is 0.463 e. The molecule has 2 aromatic carbocycles.